The highest BCUT2D eigenvalue weighted by Gasteiger charge is 2.31. The van der Waals surface area contributed by atoms with Crippen LogP contribution in [0.15, 0.2) is 24.3 Å². The summed E-state index contributed by atoms with van der Waals surface area (Å²) in [6.45, 7) is 5.63. The van der Waals surface area contributed by atoms with Crippen molar-refractivity contribution in [3.05, 3.63) is 29.8 Å². The van der Waals surface area contributed by atoms with Crippen LogP contribution in [-0.2, 0) is 0 Å². The zero-order valence-corrected chi connectivity index (χ0v) is 10.7. The highest BCUT2D eigenvalue weighted by molar-refractivity contribution is 5.49. The van der Waals surface area contributed by atoms with Gasteiger partial charge in [-0.25, -0.2) is 0 Å². The number of benzene rings is 1. The summed E-state index contributed by atoms with van der Waals surface area (Å²) in [5.74, 6) is 0. The second kappa shape index (κ2) is 4.67. The summed E-state index contributed by atoms with van der Waals surface area (Å²) in [5, 5.41) is 9.95. The summed E-state index contributed by atoms with van der Waals surface area (Å²) in [5.41, 5.74) is 7.80. The van der Waals surface area contributed by atoms with Gasteiger partial charge in [0.25, 0.3) is 0 Å². The summed E-state index contributed by atoms with van der Waals surface area (Å²) >= 11 is 0. The van der Waals surface area contributed by atoms with Gasteiger partial charge < -0.3 is 15.7 Å². The average Bonchev–Trinajstić information content (AvgIpc) is 2.69. The number of hydrogen-bond acceptors (Lipinski definition) is 3. The number of aliphatic hydroxyl groups is 1. The minimum atomic E-state index is -0.543. The van der Waals surface area contributed by atoms with E-state index in [1.165, 1.54) is 11.3 Å². The fraction of sp³-hybridized carbons (Fsp3) is 0.571. The van der Waals surface area contributed by atoms with Crippen LogP contribution in [0.25, 0.3) is 0 Å². The predicted octanol–water partition coefficient (Wildman–Crippen LogP) is 2.06. The molecule has 1 aliphatic heterocycles. The van der Waals surface area contributed by atoms with E-state index in [-0.39, 0.29) is 6.04 Å². The molecule has 0 spiro atoms. The molecule has 3 heteroatoms. The quantitative estimate of drug-likeness (QED) is 0.841. The van der Waals surface area contributed by atoms with E-state index in [4.69, 9.17) is 5.73 Å². The Kier molecular flexibility index (Phi) is 3.40. The van der Waals surface area contributed by atoms with Crippen molar-refractivity contribution >= 4 is 5.69 Å². The third kappa shape index (κ3) is 2.79. The van der Waals surface area contributed by atoms with Crippen molar-refractivity contribution in [1.29, 1.82) is 0 Å². The molecule has 3 nitrogen and oxygen atoms in total. The van der Waals surface area contributed by atoms with Crippen LogP contribution in [-0.4, -0.2) is 23.8 Å². The van der Waals surface area contributed by atoms with E-state index < -0.39 is 5.60 Å². The molecule has 0 bridgehead atoms. The molecule has 0 radical (unpaired) electrons. The lowest BCUT2D eigenvalue weighted by atomic mass is 10.1. The van der Waals surface area contributed by atoms with Gasteiger partial charge in [0.05, 0.1) is 5.60 Å². The Labute approximate surface area is 103 Å². The van der Waals surface area contributed by atoms with Gasteiger partial charge in [0.2, 0.25) is 0 Å². The normalized spacial score (nSPS) is 26.2. The van der Waals surface area contributed by atoms with Crippen molar-refractivity contribution in [1.82, 2.24) is 0 Å². The molecule has 1 heterocycles. The minimum absolute atomic E-state index is 0.130. The molecule has 0 aliphatic carbocycles. The van der Waals surface area contributed by atoms with E-state index in [1.54, 1.807) is 0 Å². The van der Waals surface area contributed by atoms with E-state index in [2.05, 4.69) is 36.1 Å². The molecule has 2 atom stereocenters. The molecule has 2 rings (SSSR count). The molecule has 94 valence electrons. The third-order valence-electron chi connectivity index (χ3n) is 3.58. The van der Waals surface area contributed by atoms with Crippen molar-refractivity contribution in [2.45, 2.75) is 38.3 Å². The van der Waals surface area contributed by atoms with Crippen molar-refractivity contribution in [2.75, 3.05) is 18.0 Å². The Hall–Kier alpha value is -1.06. The van der Waals surface area contributed by atoms with Gasteiger partial charge in [0, 0.05) is 24.8 Å². The first-order valence-electron chi connectivity index (χ1n) is 6.35. The molecular weight excluding hydrogens is 212 g/mol. The molecule has 1 fully saturated rings. The number of nitrogens with two attached hydrogens (primary N) is 1. The number of nitrogens with zero attached hydrogens (tertiary/aromatic N) is 1. The second-order valence-electron chi connectivity index (χ2n) is 5.27. The molecule has 1 aromatic rings. The van der Waals surface area contributed by atoms with Crippen molar-refractivity contribution in [3.63, 3.8) is 0 Å². The molecule has 1 unspecified atom stereocenters. The van der Waals surface area contributed by atoms with E-state index >= 15 is 0 Å². The van der Waals surface area contributed by atoms with E-state index in [0.29, 0.717) is 6.54 Å². The first-order chi connectivity index (χ1) is 8.02. The van der Waals surface area contributed by atoms with Crippen LogP contribution in [0, 0.1) is 0 Å². The highest BCUT2D eigenvalue weighted by Crippen LogP contribution is 2.27. The summed E-state index contributed by atoms with van der Waals surface area (Å²) in [6.07, 6.45) is 1.79. The summed E-state index contributed by atoms with van der Waals surface area (Å²) in [7, 11) is 0. The van der Waals surface area contributed by atoms with Gasteiger partial charge in [0.1, 0.15) is 0 Å². The van der Waals surface area contributed by atoms with Crippen LogP contribution in [0.2, 0.25) is 0 Å². The standard InChI is InChI=1S/C14H22N2O/c1-3-13(15)11-4-6-12(7-5-11)16-9-8-14(2,17)10-16/h4-7,13,17H,3,8-10,15H2,1-2H3/t13-,14?/m1/s1. The van der Waals surface area contributed by atoms with Gasteiger partial charge in [0.15, 0.2) is 0 Å². The number of anilines is 1. The molecule has 1 aromatic carbocycles. The Bertz CT molecular complexity index is 372. The second-order valence-corrected chi connectivity index (χ2v) is 5.27. The first-order valence-corrected chi connectivity index (χ1v) is 6.35. The lowest BCUT2D eigenvalue weighted by Gasteiger charge is -2.21. The van der Waals surface area contributed by atoms with E-state index in [9.17, 15) is 5.11 Å². The summed E-state index contributed by atoms with van der Waals surface area (Å²) in [4.78, 5) is 2.22. The zero-order valence-electron chi connectivity index (χ0n) is 10.7. The highest BCUT2D eigenvalue weighted by atomic mass is 16.3. The van der Waals surface area contributed by atoms with Crippen molar-refractivity contribution < 1.29 is 5.11 Å². The molecule has 17 heavy (non-hydrogen) atoms. The maximum atomic E-state index is 9.95. The maximum absolute atomic E-state index is 9.95. The number of hydrogen-bond donors (Lipinski definition) is 2. The Morgan fingerprint density at radius 1 is 1.41 bits per heavy atom. The monoisotopic (exact) mass is 234 g/mol. The third-order valence-corrected chi connectivity index (χ3v) is 3.58. The lowest BCUT2D eigenvalue weighted by Crippen LogP contribution is -2.29. The Morgan fingerprint density at radius 2 is 2.06 bits per heavy atom. The van der Waals surface area contributed by atoms with Gasteiger partial charge in [-0.2, -0.15) is 0 Å². The molecule has 0 amide bonds. The number of rotatable bonds is 3. The molecular formula is C14H22N2O. The first kappa shape index (κ1) is 12.4. The number of β-amino-alcohol motifs (C(OH)–C–C–N with tert-alkyl or cyclic N) is 1. The predicted molar refractivity (Wildman–Crippen MR) is 71.1 cm³/mol. The SMILES string of the molecule is CC[C@@H](N)c1ccc(N2CCC(C)(O)C2)cc1. The van der Waals surface area contributed by atoms with Crippen LogP contribution >= 0.6 is 0 Å². The zero-order chi connectivity index (χ0) is 12.5. The van der Waals surface area contributed by atoms with Crippen LogP contribution in [0.1, 0.15) is 38.3 Å². The molecule has 3 N–H and O–H groups in total. The van der Waals surface area contributed by atoms with E-state index in [0.717, 1.165) is 19.4 Å². The molecule has 1 saturated heterocycles. The van der Waals surface area contributed by atoms with Crippen molar-refractivity contribution in [3.8, 4) is 0 Å². The van der Waals surface area contributed by atoms with Gasteiger partial charge in [-0.1, -0.05) is 19.1 Å². The van der Waals surface area contributed by atoms with Gasteiger partial charge in [-0.3, -0.25) is 0 Å². The average molecular weight is 234 g/mol. The van der Waals surface area contributed by atoms with Gasteiger partial charge >= 0.3 is 0 Å². The fourth-order valence-electron chi connectivity index (χ4n) is 2.33. The molecule has 1 aliphatic rings. The Balaban J connectivity index is 2.09. The summed E-state index contributed by atoms with van der Waals surface area (Å²) in [6, 6.07) is 8.52. The van der Waals surface area contributed by atoms with E-state index in [1.807, 2.05) is 6.92 Å². The van der Waals surface area contributed by atoms with Gasteiger partial charge in [-0.15, -0.1) is 0 Å². The fourth-order valence-corrected chi connectivity index (χ4v) is 2.33. The summed E-state index contributed by atoms with van der Waals surface area (Å²) < 4.78 is 0. The molecule has 0 saturated carbocycles. The largest absolute Gasteiger partial charge is 0.388 e. The smallest absolute Gasteiger partial charge is 0.0810 e. The topological polar surface area (TPSA) is 49.5 Å². The van der Waals surface area contributed by atoms with Crippen LogP contribution < -0.4 is 10.6 Å². The van der Waals surface area contributed by atoms with Crippen LogP contribution in [0.5, 0.6) is 0 Å². The van der Waals surface area contributed by atoms with Crippen LogP contribution in [0.3, 0.4) is 0 Å². The maximum Gasteiger partial charge on any atom is 0.0810 e. The van der Waals surface area contributed by atoms with Crippen molar-refractivity contribution in [2.24, 2.45) is 5.73 Å². The lowest BCUT2D eigenvalue weighted by molar-refractivity contribution is 0.0839. The van der Waals surface area contributed by atoms with Crippen LogP contribution in [0.4, 0.5) is 5.69 Å². The molecule has 0 aromatic heterocycles. The Morgan fingerprint density at radius 3 is 2.53 bits per heavy atom. The minimum Gasteiger partial charge on any atom is -0.388 e. The van der Waals surface area contributed by atoms with Gasteiger partial charge in [-0.05, 0) is 37.5 Å².